The average molecular weight is 493 g/mol. The number of benzene rings is 2. The molecule has 2 atom stereocenters. The molecule has 2 fully saturated rings. The van der Waals surface area contributed by atoms with Gasteiger partial charge in [0.05, 0.1) is 11.6 Å². The lowest BCUT2D eigenvalue weighted by atomic mass is 9.93. The van der Waals surface area contributed by atoms with E-state index >= 15 is 0 Å². The zero-order valence-corrected chi connectivity index (χ0v) is 20.2. The molecule has 1 aliphatic heterocycles. The molecule has 1 saturated carbocycles. The van der Waals surface area contributed by atoms with Gasteiger partial charge < -0.3 is 15.2 Å². The van der Waals surface area contributed by atoms with Gasteiger partial charge in [0.25, 0.3) is 0 Å². The molecule has 33 heavy (non-hydrogen) atoms. The van der Waals surface area contributed by atoms with Gasteiger partial charge in [0, 0.05) is 18.1 Å². The monoisotopic (exact) mass is 492 g/mol. The van der Waals surface area contributed by atoms with Crippen LogP contribution in [0.3, 0.4) is 0 Å². The first-order valence-electron chi connectivity index (χ1n) is 11.2. The zero-order valence-electron chi connectivity index (χ0n) is 18.6. The zero-order chi connectivity index (χ0) is 22.7. The second-order valence-corrected chi connectivity index (χ2v) is 9.23. The molecule has 8 heteroatoms. The summed E-state index contributed by atoms with van der Waals surface area (Å²) < 4.78 is 6.15. The fourth-order valence-corrected chi connectivity index (χ4v) is 5.10. The number of aromatic carboxylic acids is 1. The minimum atomic E-state index is -0.957. The van der Waals surface area contributed by atoms with Gasteiger partial charge in [-0.15, -0.1) is 12.4 Å². The van der Waals surface area contributed by atoms with Crippen LogP contribution in [0, 0.1) is 0 Å². The Kier molecular flexibility index (Phi) is 8.27. The summed E-state index contributed by atoms with van der Waals surface area (Å²) in [6.07, 6.45) is 4.64. The van der Waals surface area contributed by atoms with E-state index in [4.69, 9.17) is 21.4 Å². The van der Waals surface area contributed by atoms with Crippen LogP contribution in [0.15, 0.2) is 48.5 Å². The van der Waals surface area contributed by atoms with E-state index in [1.165, 1.54) is 0 Å². The normalized spacial score (nSPS) is 20.6. The van der Waals surface area contributed by atoms with Crippen LogP contribution >= 0.6 is 24.0 Å². The number of hydrogen-bond acceptors (Lipinski definition) is 4. The molecule has 1 amide bonds. The van der Waals surface area contributed by atoms with Gasteiger partial charge in [0.1, 0.15) is 17.4 Å². The van der Waals surface area contributed by atoms with Crippen LogP contribution in [-0.2, 0) is 4.79 Å². The van der Waals surface area contributed by atoms with E-state index in [1.807, 2.05) is 31.2 Å². The maximum absolute atomic E-state index is 13.5. The quantitative estimate of drug-likeness (QED) is 0.561. The van der Waals surface area contributed by atoms with Gasteiger partial charge in [-0.3, -0.25) is 9.69 Å². The van der Waals surface area contributed by atoms with Crippen molar-refractivity contribution in [3.05, 3.63) is 64.7 Å². The molecule has 2 N–H and O–H groups in total. The lowest BCUT2D eigenvalue weighted by molar-refractivity contribution is -0.133. The molecule has 4 rings (SSSR count). The fraction of sp³-hybridized carbons (Fsp3) is 0.440. The molecule has 178 valence electrons. The lowest BCUT2D eigenvalue weighted by Crippen LogP contribution is -2.57. The van der Waals surface area contributed by atoms with Gasteiger partial charge in [-0.25, -0.2) is 4.79 Å². The number of hydrogen-bond donors (Lipinski definition) is 2. The Morgan fingerprint density at radius 3 is 2.52 bits per heavy atom. The molecule has 0 aromatic heterocycles. The summed E-state index contributed by atoms with van der Waals surface area (Å²) in [6.45, 7) is 3.47. The molecule has 0 spiro atoms. The Balaban J connectivity index is 0.00000306. The molecule has 1 aliphatic carbocycles. The molecule has 2 aliphatic rings. The average Bonchev–Trinajstić information content (AvgIpc) is 3.44. The van der Waals surface area contributed by atoms with Crippen molar-refractivity contribution in [2.45, 2.75) is 56.7 Å². The number of carbonyl (C=O) groups excluding carboxylic acids is 1. The molecule has 6 nitrogen and oxygen atoms in total. The molecule has 2 aromatic rings. The Hall–Kier alpha value is -2.28. The number of rotatable bonds is 7. The second kappa shape index (κ2) is 10.8. The third kappa shape index (κ3) is 5.62. The topological polar surface area (TPSA) is 78.9 Å². The maximum Gasteiger partial charge on any atom is 0.335 e. The summed E-state index contributed by atoms with van der Waals surface area (Å²) in [5.74, 6) is -0.150. The third-order valence-corrected chi connectivity index (χ3v) is 6.94. The van der Waals surface area contributed by atoms with Crippen LogP contribution in [0.4, 0.5) is 0 Å². The van der Waals surface area contributed by atoms with Gasteiger partial charge in [0.15, 0.2) is 0 Å². The number of amides is 1. The Morgan fingerprint density at radius 2 is 1.88 bits per heavy atom. The van der Waals surface area contributed by atoms with E-state index in [0.717, 1.165) is 50.0 Å². The molecule has 0 unspecified atom stereocenters. The molecule has 0 bridgehead atoms. The molecule has 0 radical (unpaired) electrons. The van der Waals surface area contributed by atoms with Crippen LogP contribution in [-0.4, -0.2) is 46.6 Å². The predicted molar refractivity (Wildman–Crippen MR) is 130 cm³/mol. The first-order valence-corrected chi connectivity index (χ1v) is 11.6. The van der Waals surface area contributed by atoms with Crippen molar-refractivity contribution in [2.24, 2.45) is 0 Å². The van der Waals surface area contributed by atoms with Gasteiger partial charge in [0.2, 0.25) is 5.91 Å². The first kappa shape index (κ1) is 25.3. The highest BCUT2D eigenvalue weighted by Gasteiger charge is 2.49. The number of nitrogens with one attached hydrogen (secondary N) is 1. The predicted octanol–water partition coefficient (Wildman–Crippen LogP) is 5.10. The highest BCUT2D eigenvalue weighted by atomic mass is 35.5. The van der Waals surface area contributed by atoms with Crippen LogP contribution in [0.2, 0.25) is 5.02 Å². The number of carboxylic acid groups (broad SMARTS) is 1. The van der Waals surface area contributed by atoms with Crippen molar-refractivity contribution in [1.82, 2.24) is 10.2 Å². The summed E-state index contributed by atoms with van der Waals surface area (Å²) in [5.41, 5.74) is 0.615. The van der Waals surface area contributed by atoms with Crippen molar-refractivity contribution in [3.63, 3.8) is 0 Å². The van der Waals surface area contributed by atoms with Crippen molar-refractivity contribution >= 4 is 35.9 Å². The number of nitrogens with zero attached hydrogens (tertiary/aromatic N) is 1. The van der Waals surface area contributed by atoms with Crippen molar-refractivity contribution < 1.29 is 19.4 Å². The molecule has 2 aromatic carbocycles. The van der Waals surface area contributed by atoms with Gasteiger partial charge >= 0.3 is 5.97 Å². The highest BCUT2D eigenvalue weighted by Crippen LogP contribution is 2.39. The Labute approximate surface area is 205 Å². The maximum atomic E-state index is 13.5. The van der Waals surface area contributed by atoms with Crippen LogP contribution < -0.4 is 10.1 Å². The summed E-state index contributed by atoms with van der Waals surface area (Å²) in [7, 11) is 0. The van der Waals surface area contributed by atoms with E-state index in [2.05, 4.69) is 10.2 Å². The van der Waals surface area contributed by atoms with Crippen molar-refractivity contribution in [1.29, 1.82) is 0 Å². The highest BCUT2D eigenvalue weighted by molar-refractivity contribution is 6.30. The number of carbonyl (C=O) groups is 2. The van der Waals surface area contributed by atoms with E-state index in [9.17, 15) is 9.59 Å². The molecular formula is C25H30Cl2N2O4. The Morgan fingerprint density at radius 1 is 1.18 bits per heavy atom. The fourth-order valence-electron chi connectivity index (χ4n) is 4.92. The smallest absolute Gasteiger partial charge is 0.335 e. The molecule has 1 saturated heterocycles. The summed E-state index contributed by atoms with van der Waals surface area (Å²) in [6, 6.07) is 13.9. The van der Waals surface area contributed by atoms with Crippen LogP contribution in [0.25, 0.3) is 0 Å². The largest absolute Gasteiger partial charge is 0.489 e. The van der Waals surface area contributed by atoms with E-state index < -0.39 is 11.5 Å². The standard InChI is InChI=1S/C25H29ClN2O4.ClH/c1-17(18-7-9-19(10-8-18)23(29)30)27-24(31)25(12-2-3-13-25)28-14-11-22(16-28)32-21-6-4-5-20(26)15-21;/h4-10,15,17,22H,2-3,11-14,16H2,1H3,(H,27,31)(H,29,30);1H/t17-,22+;/m0./s1. The number of ether oxygens (including phenoxy) is 1. The van der Waals surface area contributed by atoms with E-state index in [1.54, 1.807) is 24.3 Å². The summed E-state index contributed by atoms with van der Waals surface area (Å²) in [5, 5.41) is 12.9. The number of halogens is 2. The van der Waals surface area contributed by atoms with Crippen LogP contribution in [0.1, 0.15) is 61.0 Å². The number of carboxylic acids is 1. The third-order valence-electron chi connectivity index (χ3n) is 6.71. The summed E-state index contributed by atoms with van der Waals surface area (Å²) in [4.78, 5) is 26.9. The van der Waals surface area contributed by atoms with Gasteiger partial charge in [-0.05, 0) is 62.1 Å². The minimum absolute atomic E-state index is 0. The lowest BCUT2D eigenvalue weighted by Gasteiger charge is -2.38. The summed E-state index contributed by atoms with van der Waals surface area (Å²) >= 11 is 6.08. The number of likely N-dealkylation sites (tertiary alicyclic amines) is 1. The van der Waals surface area contributed by atoms with Crippen molar-refractivity contribution in [2.75, 3.05) is 13.1 Å². The van der Waals surface area contributed by atoms with Gasteiger partial charge in [-0.1, -0.05) is 42.6 Å². The van der Waals surface area contributed by atoms with Gasteiger partial charge in [-0.2, -0.15) is 0 Å². The SMILES string of the molecule is C[C@H](NC(=O)C1(N2CC[C@@H](Oc3cccc(Cl)c3)C2)CCCC1)c1ccc(C(=O)O)cc1.Cl. The van der Waals surface area contributed by atoms with E-state index in [-0.39, 0.29) is 36.0 Å². The van der Waals surface area contributed by atoms with Crippen LogP contribution in [0.5, 0.6) is 5.75 Å². The second-order valence-electron chi connectivity index (χ2n) is 8.79. The first-order chi connectivity index (χ1) is 15.4. The van der Waals surface area contributed by atoms with E-state index in [0.29, 0.717) is 11.6 Å². The minimum Gasteiger partial charge on any atom is -0.489 e. The van der Waals surface area contributed by atoms with Crippen molar-refractivity contribution in [3.8, 4) is 5.75 Å². The Bertz CT molecular complexity index is 977. The molecule has 1 heterocycles. The molecular weight excluding hydrogens is 463 g/mol.